The Bertz CT molecular complexity index is 299. The van der Waals surface area contributed by atoms with E-state index in [1.165, 1.54) is 6.08 Å². The summed E-state index contributed by atoms with van der Waals surface area (Å²) in [5.74, 6) is 0. The van der Waals surface area contributed by atoms with Gasteiger partial charge in [-0.05, 0) is 18.2 Å². The summed E-state index contributed by atoms with van der Waals surface area (Å²) in [4.78, 5) is 12.3. The molecule has 4 nitrogen and oxygen atoms in total. The molecule has 1 aromatic rings. The van der Waals surface area contributed by atoms with E-state index in [-0.39, 0.29) is 0 Å². The minimum Gasteiger partial charge on any atom is -0.362 e. The number of rotatable bonds is 3. The minimum atomic E-state index is -0.501. The average molecular weight is 164 g/mol. The van der Waals surface area contributed by atoms with Crippen molar-refractivity contribution < 1.29 is 4.92 Å². The second-order valence-electron chi connectivity index (χ2n) is 2.11. The highest BCUT2D eigenvalue weighted by Gasteiger charge is 1.82. The van der Waals surface area contributed by atoms with Crippen molar-refractivity contribution in [3.63, 3.8) is 0 Å². The predicted octanol–water partition coefficient (Wildman–Crippen LogP) is 1.82. The molecule has 0 spiro atoms. The number of hydrogen-bond donors (Lipinski definition) is 1. The fourth-order valence-corrected chi connectivity index (χ4v) is 0.727. The first-order chi connectivity index (χ1) is 5.79. The Balaban J connectivity index is 2.47. The lowest BCUT2D eigenvalue weighted by Gasteiger charge is -1.79. The van der Waals surface area contributed by atoms with E-state index in [0.29, 0.717) is 0 Å². The van der Waals surface area contributed by atoms with Crippen LogP contribution >= 0.6 is 0 Å². The van der Waals surface area contributed by atoms with E-state index in [9.17, 15) is 10.1 Å². The SMILES string of the molecule is O=[N+]([O-])/C=C/C=C/c1ccc[nH]1. The zero-order valence-corrected chi connectivity index (χ0v) is 6.31. The van der Waals surface area contributed by atoms with Crippen LogP contribution in [0.2, 0.25) is 0 Å². The van der Waals surface area contributed by atoms with Gasteiger partial charge < -0.3 is 4.98 Å². The molecule has 0 aliphatic rings. The summed E-state index contributed by atoms with van der Waals surface area (Å²) in [5.41, 5.74) is 0.919. The average Bonchev–Trinajstić information content (AvgIpc) is 2.49. The van der Waals surface area contributed by atoms with E-state index in [0.717, 1.165) is 11.9 Å². The molecule has 62 valence electrons. The highest BCUT2D eigenvalue weighted by Crippen LogP contribution is 1.96. The highest BCUT2D eigenvalue weighted by molar-refractivity contribution is 5.46. The van der Waals surface area contributed by atoms with Crippen molar-refractivity contribution in [1.29, 1.82) is 0 Å². The number of allylic oxidation sites excluding steroid dienone is 2. The highest BCUT2D eigenvalue weighted by atomic mass is 16.6. The van der Waals surface area contributed by atoms with Gasteiger partial charge in [-0.3, -0.25) is 10.1 Å². The summed E-state index contributed by atoms with van der Waals surface area (Å²) in [6, 6.07) is 3.73. The van der Waals surface area contributed by atoms with Crippen LogP contribution in [-0.2, 0) is 0 Å². The van der Waals surface area contributed by atoms with Gasteiger partial charge >= 0.3 is 0 Å². The maximum atomic E-state index is 9.84. The molecule has 12 heavy (non-hydrogen) atoms. The van der Waals surface area contributed by atoms with Gasteiger partial charge in [-0.1, -0.05) is 6.08 Å². The topological polar surface area (TPSA) is 58.9 Å². The van der Waals surface area contributed by atoms with Crippen molar-refractivity contribution in [2.75, 3.05) is 0 Å². The standard InChI is InChI=1S/C8H8N2O2/c11-10(12)7-2-1-4-8-5-3-6-9-8/h1-7,9H/b4-1+,7-2+. The molecule has 0 bridgehead atoms. The molecule has 0 saturated carbocycles. The van der Waals surface area contributed by atoms with Crippen LogP contribution in [0.3, 0.4) is 0 Å². The molecule has 1 rings (SSSR count). The summed E-state index contributed by atoms with van der Waals surface area (Å²) >= 11 is 0. The molecule has 1 aromatic heterocycles. The summed E-state index contributed by atoms with van der Waals surface area (Å²) in [6.45, 7) is 0. The minimum absolute atomic E-state index is 0.501. The van der Waals surface area contributed by atoms with Crippen LogP contribution in [0.4, 0.5) is 0 Å². The predicted molar refractivity (Wildman–Crippen MR) is 46.0 cm³/mol. The number of H-pyrrole nitrogens is 1. The van der Waals surface area contributed by atoms with Crippen molar-refractivity contribution in [1.82, 2.24) is 4.98 Å². The van der Waals surface area contributed by atoms with Crippen molar-refractivity contribution in [2.45, 2.75) is 0 Å². The van der Waals surface area contributed by atoms with Crippen LogP contribution in [0.25, 0.3) is 6.08 Å². The molecular weight excluding hydrogens is 156 g/mol. The van der Waals surface area contributed by atoms with Crippen LogP contribution < -0.4 is 0 Å². The first kappa shape index (κ1) is 8.26. The van der Waals surface area contributed by atoms with Gasteiger partial charge in [0.15, 0.2) is 0 Å². The molecule has 0 radical (unpaired) electrons. The second-order valence-corrected chi connectivity index (χ2v) is 2.11. The summed E-state index contributed by atoms with van der Waals surface area (Å²) in [5, 5.41) is 9.84. The van der Waals surface area contributed by atoms with E-state index < -0.39 is 4.92 Å². The Hall–Kier alpha value is -1.84. The molecule has 0 fully saturated rings. The van der Waals surface area contributed by atoms with E-state index in [2.05, 4.69) is 4.98 Å². The van der Waals surface area contributed by atoms with Crippen LogP contribution in [0.15, 0.2) is 36.7 Å². The number of hydrogen-bond acceptors (Lipinski definition) is 2. The lowest BCUT2D eigenvalue weighted by molar-refractivity contribution is -0.402. The second kappa shape index (κ2) is 4.12. The quantitative estimate of drug-likeness (QED) is 0.420. The Morgan fingerprint density at radius 3 is 2.92 bits per heavy atom. The van der Waals surface area contributed by atoms with E-state index in [1.54, 1.807) is 18.3 Å². The molecular formula is C8H8N2O2. The molecule has 0 aliphatic heterocycles. The largest absolute Gasteiger partial charge is 0.362 e. The monoisotopic (exact) mass is 164 g/mol. The number of nitrogens with zero attached hydrogens (tertiary/aromatic N) is 1. The van der Waals surface area contributed by atoms with Gasteiger partial charge in [0.1, 0.15) is 0 Å². The Kier molecular flexibility index (Phi) is 2.84. The maximum absolute atomic E-state index is 9.84. The smallest absolute Gasteiger partial charge is 0.234 e. The molecule has 0 aliphatic carbocycles. The molecule has 1 N–H and O–H groups in total. The molecule has 0 unspecified atom stereocenters. The Morgan fingerprint density at radius 1 is 1.50 bits per heavy atom. The van der Waals surface area contributed by atoms with Crippen molar-refractivity contribution in [3.05, 3.63) is 52.5 Å². The van der Waals surface area contributed by atoms with Crippen LogP contribution in [0.1, 0.15) is 5.69 Å². The summed E-state index contributed by atoms with van der Waals surface area (Å²) in [7, 11) is 0. The summed E-state index contributed by atoms with van der Waals surface area (Å²) in [6.07, 6.45) is 7.41. The first-order valence-electron chi connectivity index (χ1n) is 3.41. The van der Waals surface area contributed by atoms with Crippen LogP contribution in [0.5, 0.6) is 0 Å². The third-order valence-electron chi connectivity index (χ3n) is 1.22. The zero-order valence-electron chi connectivity index (χ0n) is 6.31. The van der Waals surface area contributed by atoms with Gasteiger partial charge in [-0.2, -0.15) is 0 Å². The molecule has 0 saturated heterocycles. The first-order valence-corrected chi connectivity index (χ1v) is 3.41. The zero-order chi connectivity index (χ0) is 8.81. The molecule has 0 amide bonds. The number of aromatic amines is 1. The molecule has 4 heteroatoms. The lowest BCUT2D eigenvalue weighted by Crippen LogP contribution is -1.80. The number of aromatic nitrogens is 1. The van der Waals surface area contributed by atoms with Crippen molar-refractivity contribution in [3.8, 4) is 0 Å². The van der Waals surface area contributed by atoms with Gasteiger partial charge in [-0.15, -0.1) is 0 Å². The Labute approximate surface area is 69.4 Å². The van der Waals surface area contributed by atoms with E-state index >= 15 is 0 Å². The molecule has 1 heterocycles. The van der Waals surface area contributed by atoms with Crippen molar-refractivity contribution in [2.24, 2.45) is 0 Å². The van der Waals surface area contributed by atoms with Crippen LogP contribution in [0, 0.1) is 10.1 Å². The molecule has 0 atom stereocenters. The fraction of sp³-hybridized carbons (Fsp3) is 0. The maximum Gasteiger partial charge on any atom is 0.234 e. The Morgan fingerprint density at radius 2 is 2.33 bits per heavy atom. The van der Waals surface area contributed by atoms with Crippen LogP contribution in [-0.4, -0.2) is 9.91 Å². The van der Waals surface area contributed by atoms with Gasteiger partial charge in [0.25, 0.3) is 0 Å². The normalized spacial score (nSPS) is 11.3. The third kappa shape index (κ3) is 2.83. The fourth-order valence-electron chi connectivity index (χ4n) is 0.727. The number of nitro groups is 1. The molecule has 0 aromatic carbocycles. The lowest BCUT2D eigenvalue weighted by atomic mass is 10.4. The van der Waals surface area contributed by atoms with Gasteiger partial charge in [-0.25, -0.2) is 0 Å². The van der Waals surface area contributed by atoms with Crippen molar-refractivity contribution >= 4 is 6.08 Å². The van der Waals surface area contributed by atoms with E-state index in [4.69, 9.17) is 0 Å². The van der Waals surface area contributed by atoms with Gasteiger partial charge in [0.2, 0.25) is 6.20 Å². The number of nitrogens with one attached hydrogen (secondary N) is 1. The van der Waals surface area contributed by atoms with E-state index in [1.807, 2.05) is 12.1 Å². The summed E-state index contributed by atoms with van der Waals surface area (Å²) < 4.78 is 0. The van der Waals surface area contributed by atoms with Gasteiger partial charge in [0.05, 0.1) is 4.92 Å². The van der Waals surface area contributed by atoms with Gasteiger partial charge in [0, 0.05) is 18.0 Å². The third-order valence-corrected chi connectivity index (χ3v) is 1.22.